The second-order valence-electron chi connectivity index (χ2n) is 7.64. The van der Waals surface area contributed by atoms with Gasteiger partial charge in [0, 0.05) is 12.6 Å². The van der Waals surface area contributed by atoms with E-state index in [1.807, 2.05) is 0 Å². The number of nitrogens with one attached hydrogen (secondary N) is 2. The number of likely N-dealkylation sites (N-methyl/N-ethyl adjacent to an activating group) is 1. The molecule has 0 aliphatic heterocycles. The van der Waals surface area contributed by atoms with E-state index in [1.54, 1.807) is 37.9 Å². The maximum Gasteiger partial charge on any atom is 0.422 e. The normalized spacial score (nSPS) is 14.9. The van der Waals surface area contributed by atoms with Crippen molar-refractivity contribution in [2.24, 2.45) is 0 Å². The van der Waals surface area contributed by atoms with Gasteiger partial charge in [-0.2, -0.15) is 13.2 Å². The van der Waals surface area contributed by atoms with Crippen molar-refractivity contribution >= 4 is 11.9 Å². The van der Waals surface area contributed by atoms with Gasteiger partial charge in [-0.15, -0.1) is 0 Å². The monoisotopic (exact) mass is 415 g/mol. The molecule has 0 saturated heterocycles. The lowest BCUT2D eigenvalue weighted by Gasteiger charge is -2.19. The van der Waals surface area contributed by atoms with Gasteiger partial charge in [0.25, 0.3) is 0 Å². The molecule has 0 radical (unpaired) electrons. The van der Waals surface area contributed by atoms with Gasteiger partial charge in [0.15, 0.2) is 6.61 Å². The minimum atomic E-state index is -4.39. The van der Waals surface area contributed by atoms with E-state index in [4.69, 9.17) is 4.74 Å². The van der Waals surface area contributed by atoms with Crippen LogP contribution in [0.3, 0.4) is 0 Å². The summed E-state index contributed by atoms with van der Waals surface area (Å²) in [6.07, 6.45) is -0.359. The number of carbonyl (C=O) groups excluding carboxylic acids is 2. The van der Waals surface area contributed by atoms with E-state index >= 15 is 0 Å². The van der Waals surface area contributed by atoms with Crippen LogP contribution < -0.4 is 15.4 Å². The number of urea groups is 1. The molecular formula is C20H28F3N3O3. The van der Waals surface area contributed by atoms with Crippen molar-refractivity contribution in [2.45, 2.75) is 58.3 Å². The molecule has 6 nitrogen and oxygen atoms in total. The van der Waals surface area contributed by atoms with Crippen LogP contribution in [0.25, 0.3) is 0 Å². The smallest absolute Gasteiger partial charge is 0.422 e. The average Bonchev–Trinajstić information content (AvgIpc) is 3.05. The SMILES string of the molecule is Cc1cc(CN(C)CC(=O)NC(=O)NC2CCCC2)cc(C)c1OCC(F)(F)F. The van der Waals surface area contributed by atoms with Crippen LogP contribution in [0.5, 0.6) is 5.75 Å². The predicted molar refractivity (Wildman–Crippen MR) is 103 cm³/mol. The quantitative estimate of drug-likeness (QED) is 0.716. The van der Waals surface area contributed by atoms with Gasteiger partial charge in [0.2, 0.25) is 5.91 Å². The molecule has 1 saturated carbocycles. The van der Waals surface area contributed by atoms with E-state index < -0.39 is 24.7 Å². The number of amides is 3. The lowest BCUT2D eigenvalue weighted by Crippen LogP contribution is -2.46. The summed E-state index contributed by atoms with van der Waals surface area (Å²) in [5.41, 5.74) is 2.03. The molecule has 2 rings (SSSR count). The Labute approximate surface area is 168 Å². The number of benzene rings is 1. The fourth-order valence-corrected chi connectivity index (χ4v) is 3.58. The summed E-state index contributed by atoms with van der Waals surface area (Å²) in [5, 5.41) is 5.12. The number of imide groups is 1. The van der Waals surface area contributed by atoms with E-state index in [-0.39, 0.29) is 18.3 Å². The van der Waals surface area contributed by atoms with Crippen molar-refractivity contribution in [1.29, 1.82) is 0 Å². The highest BCUT2D eigenvalue weighted by molar-refractivity contribution is 5.95. The summed E-state index contributed by atoms with van der Waals surface area (Å²) in [6.45, 7) is 2.45. The summed E-state index contributed by atoms with van der Waals surface area (Å²) < 4.78 is 42.1. The second-order valence-corrected chi connectivity index (χ2v) is 7.64. The maximum absolute atomic E-state index is 12.4. The van der Waals surface area contributed by atoms with Gasteiger partial charge < -0.3 is 10.1 Å². The molecule has 1 fully saturated rings. The Morgan fingerprint density at radius 2 is 1.76 bits per heavy atom. The van der Waals surface area contributed by atoms with Gasteiger partial charge in [-0.1, -0.05) is 25.0 Å². The molecule has 0 atom stereocenters. The molecule has 2 N–H and O–H groups in total. The number of aryl methyl sites for hydroxylation is 2. The maximum atomic E-state index is 12.4. The molecule has 0 spiro atoms. The van der Waals surface area contributed by atoms with Crippen LogP contribution in [0.2, 0.25) is 0 Å². The molecular weight excluding hydrogens is 387 g/mol. The van der Waals surface area contributed by atoms with E-state index in [1.165, 1.54) is 0 Å². The van der Waals surface area contributed by atoms with E-state index in [0.717, 1.165) is 31.2 Å². The molecule has 29 heavy (non-hydrogen) atoms. The number of ether oxygens (including phenoxy) is 1. The molecule has 0 unspecified atom stereocenters. The number of carbonyl (C=O) groups is 2. The Kier molecular flexibility index (Phi) is 7.89. The first-order chi connectivity index (χ1) is 13.5. The summed E-state index contributed by atoms with van der Waals surface area (Å²) in [5.74, 6) is -0.198. The van der Waals surface area contributed by atoms with E-state index in [2.05, 4.69) is 10.6 Å². The third kappa shape index (κ3) is 7.92. The Balaban J connectivity index is 1.85. The van der Waals surface area contributed by atoms with Crippen LogP contribution in [-0.2, 0) is 11.3 Å². The van der Waals surface area contributed by atoms with Gasteiger partial charge in [0.1, 0.15) is 5.75 Å². The largest absolute Gasteiger partial charge is 0.484 e. The Morgan fingerprint density at radius 3 is 2.31 bits per heavy atom. The zero-order valence-corrected chi connectivity index (χ0v) is 17.0. The summed E-state index contributed by atoms with van der Waals surface area (Å²) in [6, 6.07) is 3.12. The first-order valence-corrected chi connectivity index (χ1v) is 9.62. The summed E-state index contributed by atoms with van der Waals surface area (Å²) >= 11 is 0. The predicted octanol–water partition coefficient (Wildman–Crippen LogP) is 3.44. The molecule has 1 aliphatic carbocycles. The van der Waals surface area contributed by atoms with Crippen LogP contribution in [0.1, 0.15) is 42.4 Å². The van der Waals surface area contributed by atoms with Gasteiger partial charge in [-0.25, -0.2) is 4.79 Å². The second kappa shape index (κ2) is 9.96. The lowest BCUT2D eigenvalue weighted by molar-refractivity contribution is -0.153. The highest BCUT2D eigenvalue weighted by Gasteiger charge is 2.29. The Morgan fingerprint density at radius 1 is 1.17 bits per heavy atom. The molecule has 1 aromatic rings. The molecule has 3 amide bonds. The van der Waals surface area contributed by atoms with Crippen molar-refractivity contribution in [3.63, 3.8) is 0 Å². The molecule has 0 aromatic heterocycles. The minimum absolute atomic E-state index is 0.0164. The highest BCUT2D eigenvalue weighted by atomic mass is 19.4. The van der Waals surface area contributed by atoms with Crippen molar-refractivity contribution in [2.75, 3.05) is 20.2 Å². The molecule has 0 bridgehead atoms. The van der Waals surface area contributed by atoms with Crippen molar-refractivity contribution < 1.29 is 27.5 Å². The summed E-state index contributed by atoms with van der Waals surface area (Å²) in [7, 11) is 1.73. The third-order valence-corrected chi connectivity index (χ3v) is 4.71. The van der Waals surface area contributed by atoms with Crippen LogP contribution in [-0.4, -0.2) is 49.3 Å². The minimum Gasteiger partial charge on any atom is -0.484 e. The van der Waals surface area contributed by atoms with Crippen molar-refractivity contribution in [3.8, 4) is 5.75 Å². The number of hydrogen-bond acceptors (Lipinski definition) is 4. The Bertz CT molecular complexity index is 708. The molecule has 0 heterocycles. The van der Waals surface area contributed by atoms with Crippen molar-refractivity contribution in [3.05, 3.63) is 28.8 Å². The molecule has 162 valence electrons. The zero-order chi connectivity index (χ0) is 21.6. The van der Waals surface area contributed by atoms with E-state index in [0.29, 0.717) is 17.7 Å². The Hall–Kier alpha value is -2.29. The van der Waals surface area contributed by atoms with Crippen LogP contribution in [0.15, 0.2) is 12.1 Å². The van der Waals surface area contributed by atoms with Crippen LogP contribution >= 0.6 is 0 Å². The topological polar surface area (TPSA) is 70.7 Å². The lowest BCUT2D eigenvalue weighted by atomic mass is 10.1. The standard InChI is InChI=1S/C20H28F3N3O3/c1-13-8-15(9-14(2)18(13)29-12-20(21,22)23)10-26(3)11-17(27)25-19(28)24-16-6-4-5-7-16/h8-9,16H,4-7,10-12H2,1-3H3,(H2,24,25,27,28). The van der Waals surface area contributed by atoms with Gasteiger partial charge in [-0.05, 0) is 50.4 Å². The highest BCUT2D eigenvalue weighted by Crippen LogP contribution is 2.27. The third-order valence-electron chi connectivity index (χ3n) is 4.71. The fourth-order valence-electron chi connectivity index (χ4n) is 3.58. The van der Waals surface area contributed by atoms with Crippen LogP contribution in [0, 0.1) is 13.8 Å². The molecule has 9 heteroatoms. The summed E-state index contributed by atoms with van der Waals surface area (Å²) in [4.78, 5) is 25.6. The van der Waals surface area contributed by atoms with Crippen LogP contribution in [0.4, 0.5) is 18.0 Å². The fraction of sp³-hybridized carbons (Fsp3) is 0.600. The number of rotatable bonds is 7. The van der Waals surface area contributed by atoms with E-state index in [9.17, 15) is 22.8 Å². The number of hydrogen-bond donors (Lipinski definition) is 2. The van der Waals surface area contributed by atoms with Gasteiger partial charge in [0.05, 0.1) is 6.54 Å². The van der Waals surface area contributed by atoms with Gasteiger partial charge >= 0.3 is 12.2 Å². The number of halogens is 3. The number of nitrogens with zero attached hydrogens (tertiary/aromatic N) is 1. The first-order valence-electron chi connectivity index (χ1n) is 9.62. The zero-order valence-electron chi connectivity index (χ0n) is 17.0. The molecule has 1 aliphatic rings. The number of alkyl halides is 3. The first kappa shape index (κ1) is 23.0. The van der Waals surface area contributed by atoms with Gasteiger partial charge in [-0.3, -0.25) is 15.0 Å². The molecule has 1 aromatic carbocycles. The average molecular weight is 415 g/mol. The van der Waals surface area contributed by atoms with Crippen molar-refractivity contribution in [1.82, 2.24) is 15.5 Å².